The van der Waals surface area contributed by atoms with Gasteiger partial charge in [-0.1, -0.05) is 0 Å². The second kappa shape index (κ2) is 3.99. The Hall–Kier alpha value is -0.800. The molecule has 0 aliphatic carbocycles. The van der Waals surface area contributed by atoms with E-state index in [1.54, 1.807) is 0 Å². The van der Waals surface area contributed by atoms with E-state index in [0.717, 1.165) is 0 Å². The Balaban J connectivity index is 2.26. The van der Waals surface area contributed by atoms with Gasteiger partial charge in [0.25, 0.3) is 0 Å². The van der Waals surface area contributed by atoms with Gasteiger partial charge in [-0.05, 0) is 12.2 Å². The highest BCUT2D eigenvalue weighted by atomic mass is 32.1. The van der Waals surface area contributed by atoms with Crippen LogP contribution in [-0.4, -0.2) is 55.0 Å². The normalized spacial score (nSPS) is 35.9. The number of rotatable bonds is 2. The van der Waals surface area contributed by atoms with Gasteiger partial charge in [-0.2, -0.15) is 5.10 Å². The second-order valence-electron chi connectivity index (χ2n) is 3.30. The predicted octanol–water partition coefficient (Wildman–Crippen LogP) is -1.45. The highest BCUT2D eigenvalue weighted by Crippen LogP contribution is 2.28. The average Bonchev–Trinajstić information content (AvgIpc) is 2.74. The summed E-state index contributed by atoms with van der Waals surface area (Å²) < 4.78 is 6.92. The monoisotopic (exact) mass is 233 g/mol. The molecule has 0 saturated carbocycles. The van der Waals surface area contributed by atoms with Gasteiger partial charge < -0.3 is 20.1 Å². The molecule has 1 aliphatic rings. The van der Waals surface area contributed by atoms with Gasteiger partial charge in [-0.3, -0.25) is 9.67 Å². The fourth-order valence-corrected chi connectivity index (χ4v) is 1.75. The van der Waals surface area contributed by atoms with E-state index in [4.69, 9.17) is 22.1 Å². The fourth-order valence-electron chi connectivity index (χ4n) is 1.55. The van der Waals surface area contributed by atoms with Gasteiger partial charge in [-0.25, -0.2) is 0 Å². The Labute approximate surface area is 89.9 Å². The summed E-state index contributed by atoms with van der Waals surface area (Å²) in [6, 6.07) is 0. The van der Waals surface area contributed by atoms with Crippen LogP contribution in [0.1, 0.15) is 6.23 Å². The number of hydrogen-bond acceptors (Lipinski definition) is 6. The van der Waals surface area contributed by atoms with E-state index in [2.05, 4.69) is 10.2 Å². The lowest BCUT2D eigenvalue weighted by Gasteiger charge is -2.14. The first kappa shape index (κ1) is 10.7. The highest BCUT2D eigenvalue weighted by molar-refractivity contribution is 7.71. The molecule has 1 aromatic heterocycles. The maximum atomic E-state index is 9.66. The third kappa shape index (κ3) is 1.70. The summed E-state index contributed by atoms with van der Waals surface area (Å²) in [6.45, 7) is -0.361. The number of aliphatic hydroxyl groups is 3. The first-order chi connectivity index (χ1) is 7.15. The predicted molar refractivity (Wildman–Crippen MR) is 50.4 cm³/mol. The van der Waals surface area contributed by atoms with Crippen LogP contribution in [0.2, 0.25) is 0 Å². The number of hydrogen-bond donors (Lipinski definition) is 4. The summed E-state index contributed by atoms with van der Waals surface area (Å²) in [6.07, 6.45) is -2.52. The fraction of sp³-hybridized carbons (Fsp3) is 0.714. The summed E-state index contributed by atoms with van der Waals surface area (Å²) >= 11 is 4.90. The highest BCUT2D eigenvalue weighted by Gasteiger charge is 2.43. The molecule has 8 heteroatoms. The number of ether oxygens (including phenoxy) is 1. The lowest BCUT2D eigenvalue weighted by molar-refractivity contribution is -0.0535. The third-order valence-electron chi connectivity index (χ3n) is 2.37. The van der Waals surface area contributed by atoms with E-state index in [9.17, 15) is 10.2 Å². The summed E-state index contributed by atoms with van der Waals surface area (Å²) in [4.78, 5) is 0. The van der Waals surface area contributed by atoms with Crippen LogP contribution in [0.3, 0.4) is 0 Å². The number of nitrogens with zero attached hydrogens (tertiary/aromatic N) is 2. The molecule has 0 radical (unpaired) electrons. The first-order valence-corrected chi connectivity index (χ1v) is 4.80. The van der Waals surface area contributed by atoms with Crippen molar-refractivity contribution in [3.8, 4) is 0 Å². The van der Waals surface area contributed by atoms with Crippen LogP contribution in [-0.2, 0) is 4.74 Å². The minimum atomic E-state index is -1.13. The van der Waals surface area contributed by atoms with Gasteiger partial charge in [0.05, 0.1) is 6.61 Å². The van der Waals surface area contributed by atoms with Crippen LogP contribution in [0, 0.1) is 4.77 Å². The van der Waals surface area contributed by atoms with E-state index in [1.165, 1.54) is 10.9 Å². The van der Waals surface area contributed by atoms with Gasteiger partial charge in [0.1, 0.15) is 24.6 Å². The molecule has 0 spiro atoms. The van der Waals surface area contributed by atoms with Crippen molar-refractivity contribution in [2.45, 2.75) is 24.5 Å². The largest absolute Gasteiger partial charge is 0.394 e. The number of H-pyrrole nitrogens is 1. The Morgan fingerprint density at radius 2 is 2.27 bits per heavy atom. The molecule has 4 atom stereocenters. The molecule has 4 N–H and O–H groups in total. The van der Waals surface area contributed by atoms with Gasteiger partial charge >= 0.3 is 0 Å². The zero-order chi connectivity index (χ0) is 11.0. The van der Waals surface area contributed by atoms with Gasteiger partial charge in [0.2, 0.25) is 0 Å². The van der Waals surface area contributed by atoms with Gasteiger partial charge in [-0.15, -0.1) is 0 Å². The summed E-state index contributed by atoms with van der Waals surface area (Å²) in [5.41, 5.74) is 0. The van der Waals surface area contributed by atoms with E-state index >= 15 is 0 Å². The van der Waals surface area contributed by atoms with Crippen molar-refractivity contribution in [2.24, 2.45) is 0 Å². The molecular weight excluding hydrogens is 222 g/mol. The Kier molecular flexibility index (Phi) is 2.85. The zero-order valence-electron chi connectivity index (χ0n) is 7.65. The molecule has 7 nitrogen and oxygen atoms in total. The van der Waals surface area contributed by atoms with Crippen molar-refractivity contribution in [3.05, 3.63) is 11.1 Å². The molecule has 1 aliphatic heterocycles. The molecule has 1 saturated heterocycles. The van der Waals surface area contributed by atoms with Crippen molar-refractivity contribution in [2.75, 3.05) is 6.61 Å². The first-order valence-electron chi connectivity index (χ1n) is 4.39. The molecule has 0 amide bonds. The van der Waals surface area contributed by atoms with Crippen molar-refractivity contribution in [1.29, 1.82) is 0 Å². The van der Waals surface area contributed by atoms with Crippen LogP contribution in [0.5, 0.6) is 0 Å². The molecule has 0 unspecified atom stereocenters. The van der Waals surface area contributed by atoms with Gasteiger partial charge in [0, 0.05) is 0 Å². The SMILES string of the molecule is OC[C@H]1O[C@@H](n2cn[nH]c2=S)[C@H](O)[C@@H]1O. The Bertz CT molecular complexity index is 392. The van der Waals surface area contributed by atoms with E-state index in [-0.39, 0.29) is 11.4 Å². The molecule has 84 valence electrons. The van der Waals surface area contributed by atoms with E-state index in [0.29, 0.717) is 0 Å². The third-order valence-corrected chi connectivity index (χ3v) is 2.67. The second-order valence-corrected chi connectivity index (χ2v) is 3.68. The van der Waals surface area contributed by atoms with Crippen molar-refractivity contribution >= 4 is 12.2 Å². The van der Waals surface area contributed by atoms with Gasteiger partial charge in [0.15, 0.2) is 11.0 Å². The lowest BCUT2D eigenvalue weighted by atomic mass is 10.1. The number of aromatic amines is 1. The van der Waals surface area contributed by atoms with E-state index < -0.39 is 24.5 Å². The van der Waals surface area contributed by atoms with Crippen LogP contribution in [0.25, 0.3) is 0 Å². The molecule has 2 rings (SSSR count). The van der Waals surface area contributed by atoms with Crippen molar-refractivity contribution in [1.82, 2.24) is 14.8 Å². The number of aromatic nitrogens is 3. The minimum absolute atomic E-state index is 0.282. The molecule has 1 fully saturated rings. The number of aliphatic hydroxyl groups excluding tert-OH is 3. The lowest BCUT2D eigenvalue weighted by Crippen LogP contribution is -2.33. The summed E-state index contributed by atoms with van der Waals surface area (Å²) in [5, 5.41) is 34.2. The average molecular weight is 233 g/mol. The standard InChI is InChI=1S/C7H11N3O4S/c11-1-3-4(12)5(13)6(14-3)10-2-8-9-7(10)15/h2-6,11-13H,1H2,(H,9,15)/t3-,4-,5-,6-/m1/s1. The maximum absolute atomic E-state index is 9.66. The molecule has 2 heterocycles. The molecule has 15 heavy (non-hydrogen) atoms. The molecule has 0 aromatic carbocycles. The quantitative estimate of drug-likeness (QED) is 0.466. The Morgan fingerprint density at radius 1 is 1.53 bits per heavy atom. The minimum Gasteiger partial charge on any atom is -0.394 e. The van der Waals surface area contributed by atoms with Crippen molar-refractivity contribution < 1.29 is 20.1 Å². The van der Waals surface area contributed by atoms with Crippen LogP contribution >= 0.6 is 12.2 Å². The topological polar surface area (TPSA) is 104 Å². The zero-order valence-corrected chi connectivity index (χ0v) is 8.46. The summed E-state index contributed by atoms with van der Waals surface area (Å²) in [7, 11) is 0. The van der Waals surface area contributed by atoms with Crippen LogP contribution in [0.15, 0.2) is 6.33 Å². The molecule has 1 aromatic rings. The van der Waals surface area contributed by atoms with Crippen LogP contribution in [0.4, 0.5) is 0 Å². The van der Waals surface area contributed by atoms with E-state index in [1.807, 2.05) is 0 Å². The maximum Gasteiger partial charge on any atom is 0.197 e. The van der Waals surface area contributed by atoms with Crippen LogP contribution < -0.4 is 0 Å². The van der Waals surface area contributed by atoms with Crippen molar-refractivity contribution in [3.63, 3.8) is 0 Å². The summed E-state index contributed by atoms with van der Waals surface area (Å²) in [5.74, 6) is 0. The smallest absolute Gasteiger partial charge is 0.197 e. The Morgan fingerprint density at radius 3 is 2.73 bits per heavy atom. The molecular formula is C7H11N3O4S. The molecule has 0 bridgehead atoms. The number of nitrogens with one attached hydrogen (secondary N) is 1.